The zero-order valence-electron chi connectivity index (χ0n) is 16.4. The third-order valence-electron chi connectivity index (χ3n) is 4.08. The van der Waals surface area contributed by atoms with Crippen LogP contribution >= 0.6 is 0 Å². The van der Waals surface area contributed by atoms with Crippen molar-refractivity contribution in [1.29, 1.82) is 0 Å². The fourth-order valence-corrected chi connectivity index (χ4v) is 5.76. The van der Waals surface area contributed by atoms with Crippen LogP contribution < -0.4 is 0 Å². The minimum absolute atomic E-state index is 0.0873. The van der Waals surface area contributed by atoms with Gasteiger partial charge in [-0.05, 0) is 25.1 Å². The first-order valence-electron chi connectivity index (χ1n) is 8.92. The average Bonchev–Trinajstić information content (AvgIpc) is 2.63. The van der Waals surface area contributed by atoms with Crippen LogP contribution in [0.2, 0.25) is 0 Å². The zero-order valence-corrected chi connectivity index (χ0v) is 18.1. The van der Waals surface area contributed by atoms with E-state index in [0.717, 1.165) is 18.2 Å². The minimum Gasteiger partial charge on any atom is -0.462 e. The van der Waals surface area contributed by atoms with E-state index in [1.165, 1.54) is 8.61 Å². The third kappa shape index (κ3) is 5.07. The number of esters is 1. The molecule has 0 aliphatic carbocycles. The van der Waals surface area contributed by atoms with Crippen molar-refractivity contribution >= 4 is 26.0 Å². The van der Waals surface area contributed by atoms with Crippen molar-refractivity contribution in [3.63, 3.8) is 0 Å². The number of carbonyl (C=O) groups is 1. The molecule has 0 radical (unpaired) electrons. The lowest BCUT2D eigenvalue weighted by Crippen LogP contribution is -2.32. The molecule has 27 heavy (non-hydrogen) atoms. The van der Waals surface area contributed by atoms with Gasteiger partial charge in [0.25, 0.3) is 0 Å². The van der Waals surface area contributed by atoms with E-state index in [1.54, 1.807) is 34.6 Å². The van der Waals surface area contributed by atoms with Crippen LogP contribution in [0.1, 0.15) is 45.0 Å². The van der Waals surface area contributed by atoms with Gasteiger partial charge in [0.05, 0.1) is 22.0 Å². The Hall–Kier alpha value is -1.49. The van der Waals surface area contributed by atoms with Crippen molar-refractivity contribution in [1.82, 2.24) is 8.61 Å². The molecule has 8 nitrogen and oxygen atoms in total. The fraction of sp³-hybridized carbons (Fsp3) is 0.588. The number of ether oxygens (including phenoxy) is 1. The maximum absolute atomic E-state index is 12.9. The number of hydrogen-bond donors (Lipinski definition) is 0. The number of carbonyl (C=O) groups excluding carboxylic acids is 1. The van der Waals surface area contributed by atoms with Gasteiger partial charge in [-0.2, -0.15) is 8.61 Å². The van der Waals surface area contributed by atoms with Gasteiger partial charge in [-0.3, -0.25) is 0 Å². The van der Waals surface area contributed by atoms with Crippen LogP contribution in [0, 0.1) is 0 Å². The van der Waals surface area contributed by atoms with Gasteiger partial charge in [0.1, 0.15) is 0 Å². The summed E-state index contributed by atoms with van der Waals surface area (Å²) < 4.78 is 58.9. The highest BCUT2D eigenvalue weighted by Gasteiger charge is 2.29. The highest BCUT2D eigenvalue weighted by molar-refractivity contribution is 7.90. The summed E-state index contributed by atoms with van der Waals surface area (Å²) in [5.41, 5.74) is -0.115. The molecular formula is C17H28N2O6S2. The first-order chi connectivity index (χ1) is 12.6. The van der Waals surface area contributed by atoms with Gasteiger partial charge in [-0.25, -0.2) is 21.6 Å². The molecule has 0 aliphatic rings. The molecule has 0 atom stereocenters. The Balaban J connectivity index is 3.72. The van der Waals surface area contributed by atoms with E-state index in [1.807, 2.05) is 0 Å². The molecule has 0 spiro atoms. The molecule has 1 aromatic carbocycles. The molecule has 0 amide bonds. The van der Waals surface area contributed by atoms with Gasteiger partial charge in [-0.15, -0.1) is 0 Å². The van der Waals surface area contributed by atoms with E-state index in [-0.39, 0.29) is 48.1 Å². The predicted octanol–water partition coefficient (Wildman–Crippen LogP) is 1.92. The van der Waals surface area contributed by atoms with Crippen LogP contribution in [0.5, 0.6) is 0 Å². The maximum atomic E-state index is 12.9. The number of sulfonamides is 2. The summed E-state index contributed by atoms with van der Waals surface area (Å²) in [5.74, 6) is -0.773. The maximum Gasteiger partial charge on any atom is 0.338 e. The summed E-state index contributed by atoms with van der Waals surface area (Å²) in [5, 5.41) is 0. The Labute approximate surface area is 162 Å². The Morgan fingerprint density at radius 1 is 0.778 bits per heavy atom. The van der Waals surface area contributed by atoms with Gasteiger partial charge >= 0.3 is 5.97 Å². The molecule has 10 heteroatoms. The summed E-state index contributed by atoms with van der Waals surface area (Å²) in [6.45, 7) is 9.33. The van der Waals surface area contributed by atoms with Gasteiger partial charge < -0.3 is 4.74 Å². The molecule has 0 heterocycles. The summed E-state index contributed by atoms with van der Waals surface area (Å²) in [6, 6.07) is 3.42. The van der Waals surface area contributed by atoms with Crippen molar-refractivity contribution in [2.75, 3.05) is 32.8 Å². The second kappa shape index (κ2) is 9.63. The van der Waals surface area contributed by atoms with Crippen molar-refractivity contribution in [3.05, 3.63) is 23.8 Å². The van der Waals surface area contributed by atoms with Gasteiger partial charge in [0, 0.05) is 26.2 Å². The molecule has 0 saturated carbocycles. The zero-order chi connectivity index (χ0) is 20.8. The number of nitrogens with zero attached hydrogens (tertiary/aromatic N) is 2. The Bertz CT molecular complexity index is 797. The summed E-state index contributed by atoms with van der Waals surface area (Å²) in [4.78, 5) is 11.7. The largest absolute Gasteiger partial charge is 0.462 e. The average molecular weight is 421 g/mol. The SMILES string of the molecule is CCOC(=O)c1cc(S(=O)(=O)N(CC)CC)cc(S(=O)(=O)N(CC)CC)c1. The number of rotatable bonds is 10. The van der Waals surface area contributed by atoms with Gasteiger partial charge in [0.15, 0.2) is 0 Å². The molecule has 1 aromatic rings. The topological polar surface area (TPSA) is 101 Å². The van der Waals surface area contributed by atoms with E-state index in [9.17, 15) is 21.6 Å². The van der Waals surface area contributed by atoms with Crippen molar-refractivity contribution in [2.24, 2.45) is 0 Å². The smallest absolute Gasteiger partial charge is 0.338 e. The Morgan fingerprint density at radius 3 is 1.44 bits per heavy atom. The van der Waals surface area contributed by atoms with Crippen LogP contribution in [0.3, 0.4) is 0 Å². The standard InChI is InChI=1S/C17H28N2O6S2/c1-6-18(7-2)26(21,22)15-11-14(17(20)25-10-5)12-16(13-15)27(23,24)19(8-3)9-4/h11-13H,6-10H2,1-5H3. The van der Waals surface area contributed by atoms with Crippen molar-refractivity contribution < 1.29 is 26.4 Å². The first-order valence-corrected chi connectivity index (χ1v) is 11.8. The monoisotopic (exact) mass is 420 g/mol. The molecule has 0 saturated heterocycles. The van der Waals surface area contributed by atoms with E-state index >= 15 is 0 Å². The minimum atomic E-state index is -3.95. The van der Waals surface area contributed by atoms with Crippen molar-refractivity contribution in [3.8, 4) is 0 Å². The van der Waals surface area contributed by atoms with Crippen LogP contribution in [-0.4, -0.2) is 64.2 Å². The van der Waals surface area contributed by atoms with E-state index < -0.39 is 26.0 Å². The van der Waals surface area contributed by atoms with E-state index in [0.29, 0.717) is 0 Å². The van der Waals surface area contributed by atoms with Gasteiger partial charge in [-0.1, -0.05) is 27.7 Å². The second-order valence-corrected chi connectivity index (χ2v) is 9.47. The van der Waals surface area contributed by atoms with Crippen LogP contribution in [0.25, 0.3) is 0 Å². The highest BCUT2D eigenvalue weighted by Crippen LogP contribution is 2.25. The van der Waals surface area contributed by atoms with Crippen LogP contribution in [0.4, 0.5) is 0 Å². The Kier molecular flexibility index (Phi) is 8.40. The molecule has 1 rings (SSSR count). The summed E-state index contributed by atoms with van der Waals surface area (Å²) in [6.07, 6.45) is 0. The molecular weight excluding hydrogens is 392 g/mol. The highest BCUT2D eigenvalue weighted by atomic mass is 32.2. The lowest BCUT2D eigenvalue weighted by Gasteiger charge is -2.22. The predicted molar refractivity (Wildman–Crippen MR) is 103 cm³/mol. The quantitative estimate of drug-likeness (QED) is 0.536. The normalized spacial score (nSPS) is 12.6. The fourth-order valence-electron chi connectivity index (χ4n) is 2.63. The van der Waals surface area contributed by atoms with Crippen molar-refractivity contribution in [2.45, 2.75) is 44.4 Å². The molecule has 0 N–H and O–H groups in total. The second-order valence-electron chi connectivity index (χ2n) is 5.59. The summed E-state index contributed by atoms with van der Waals surface area (Å²) >= 11 is 0. The molecule has 0 bridgehead atoms. The van der Waals surface area contributed by atoms with Crippen LogP contribution in [-0.2, 0) is 24.8 Å². The molecule has 0 fully saturated rings. The van der Waals surface area contributed by atoms with Gasteiger partial charge in [0.2, 0.25) is 20.0 Å². The third-order valence-corrected chi connectivity index (χ3v) is 8.13. The summed E-state index contributed by atoms with van der Waals surface area (Å²) in [7, 11) is -7.90. The van der Waals surface area contributed by atoms with Crippen LogP contribution in [0.15, 0.2) is 28.0 Å². The first kappa shape index (κ1) is 23.5. The number of benzene rings is 1. The number of hydrogen-bond acceptors (Lipinski definition) is 6. The molecule has 0 aliphatic heterocycles. The lowest BCUT2D eigenvalue weighted by atomic mass is 10.2. The lowest BCUT2D eigenvalue weighted by molar-refractivity contribution is 0.0525. The van der Waals surface area contributed by atoms with E-state index in [2.05, 4.69) is 0 Å². The molecule has 0 aromatic heterocycles. The Morgan fingerprint density at radius 2 is 1.15 bits per heavy atom. The molecule has 0 unspecified atom stereocenters. The van der Waals surface area contributed by atoms with E-state index in [4.69, 9.17) is 4.74 Å². The molecule has 154 valence electrons.